The van der Waals surface area contributed by atoms with Gasteiger partial charge in [-0.1, -0.05) is 13.8 Å². The maximum atomic E-state index is 12.0. The first-order chi connectivity index (χ1) is 6.99. The van der Waals surface area contributed by atoms with Crippen LogP contribution in [0.4, 0.5) is 0 Å². The van der Waals surface area contributed by atoms with Gasteiger partial charge in [-0.2, -0.15) is 0 Å². The number of carbonyl (C=O) groups excluding carboxylic acids is 1. The molecule has 88 valence electrons. The molecule has 0 saturated carbocycles. The molecule has 15 heavy (non-hydrogen) atoms. The van der Waals surface area contributed by atoms with Gasteiger partial charge in [-0.25, -0.2) is 0 Å². The first-order valence-electron chi connectivity index (χ1n) is 5.82. The lowest BCUT2D eigenvalue weighted by atomic mass is 9.90. The quantitative estimate of drug-likeness (QED) is 0.716. The van der Waals surface area contributed by atoms with Gasteiger partial charge in [0.2, 0.25) is 0 Å². The molecule has 1 amide bonds. The van der Waals surface area contributed by atoms with Crippen molar-refractivity contribution in [1.82, 2.24) is 4.90 Å². The van der Waals surface area contributed by atoms with Crippen molar-refractivity contribution in [3.63, 3.8) is 0 Å². The number of hydrogen-bond acceptors (Lipinski definition) is 2. The lowest BCUT2D eigenvalue weighted by Gasteiger charge is -2.28. The van der Waals surface area contributed by atoms with Crippen molar-refractivity contribution in [3.8, 4) is 0 Å². The summed E-state index contributed by atoms with van der Waals surface area (Å²) in [5.74, 6) is 1.42. The lowest BCUT2D eigenvalue weighted by Crippen LogP contribution is -2.42. The molecule has 3 heteroatoms. The average Bonchev–Trinajstić information content (AvgIpc) is 2.57. The van der Waals surface area contributed by atoms with E-state index in [1.807, 2.05) is 11.8 Å². The van der Waals surface area contributed by atoms with Crippen LogP contribution in [0.15, 0.2) is 0 Å². The normalized spacial score (nSPS) is 28.5. The third-order valence-electron chi connectivity index (χ3n) is 3.66. The Morgan fingerprint density at radius 3 is 2.40 bits per heavy atom. The second kappa shape index (κ2) is 4.97. The number of ether oxygens (including phenoxy) is 1. The number of likely N-dealkylation sites (tertiary alicyclic amines) is 1. The molecule has 3 nitrogen and oxygen atoms in total. The summed E-state index contributed by atoms with van der Waals surface area (Å²) in [6.45, 7) is 9.32. The minimum Gasteiger partial charge on any atom is -0.372 e. The van der Waals surface area contributed by atoms with Crippen LogP contribution in [0, 0.1) is 11.8 Å². The Kier molecular flexibility index (Phi) is 4.14. The van der Waals surface area contributed by atoms with Gasteiger partial charge in [0.15, 0.2) is 0 Å². The zero-order chi connectivity index (χ0) is 11.6. The molecule has 0 bridgehead atoms. The Hall–Kier alpha value is -0.570. The smallest absolute Gasteiger partial charge is 0.251 e. The third kappa shape index (κ3) is 2.51. The molecule has 0 radical (unpaired) electrons. The first kappa shape index (κ1) is 12.5. The summed E-state index contributed by atoms with van der Waals surface area (Å²) >= 11 is 0. The van der Waals surface area contributed by atoms with E-state index in [2.05, 4.69) is 20.8 Å². The number of hydrogen-bond donors (Lipinski definition) is 0. The summed E-state index contributed by atoms with van der Waals surface area (Å²) in [7, 11) is 1.59. The fourth-order valence-electron chi connectivity index (χ4n) is 2.50. The molecule has 1 heterocycles. The van der Waals surface area contributed by atoms with E-state index < -0.39 is 0 Å². The van der Waals surface area contributed by atoms with E-state index in [4.69, 9.17) is 4.74 Å². The van der Waals surface area contributed by atoms with E-state index >= 15 is 0 Å². The molecule has 3 unspecified atom stereocenters. The Morgan fingerprint density at radius 2 is 2.00 bits per heavy atom. The highest BCUT2D eigenvalue weighted by Gasteiger charge is 2.36. The Morgan fingerprint density at radius 1 is 1.40 bits per heavy atom. The molecule has 1 saturated heterocycles. The summed E-state index contributed by atoms with van der Waals surface area (Å²) in [5, 5.41) is 0. The van der Waals surface area contributed by atoms with Gasteiger partial charge >= 0.3 is 0 Å². The third-order valence-corrected chi connectivity index (χ3v) is 3.66. The first-order valence-corrected chi connectivity index (χ1v) is 5.82. The van der Waals surface area contributed by atoms with Gasteiger partial charge in [0.05, 0.1) is 0 Å². The van der Waals surface area contributed by atoms with Crippen molar-refractivity contribution in [3.05, 3.63) is 0 Å². The molecule has 0 spiro atoms. The second-order valence-corrected chi connectivity index (χ2v) is 4.85. The van der Waals surface area contributed by atoms with E-state index in [0.29, 0.717) is 17.9 Å². The van der Waals surface area contributed by atoms with E-state index in [-0.39, 0.29) is 12.0 Å². The Bertz CT molecular complexity index is 228. The standard InChI is InChI=1S/C12H23NO2/c1-8(2)11-6-7-13(9(11)3)12(14)10(4)15-5/h8-11H,6-7H2,1-5H3. The summed E-state index contributed by atoms with van der Waals surface area (Å²) in [6.07, 6.45) is 0.819. The molecule has 0 aromatic heterocycles. The lowest BCUT2D eigenvalue weighted by molar-refractivity contribution is -0.141. The van der Waals surface area contributed by atoms with Crippen molar-refractivity contribution in [2.45, 2.75) is 46.3 Å². The number of amides is 1. The minimum atomic E-state index is -0.307. The van der Waals surface area contributed by atoms with E-state index in [9.17, 15) is 4.79 Å². The van der Waals surface area contributed by atoms with Crippen molar-refractivity contribution in [2.24, 2.45) is 11.8 Å². The molecule has 0 N–H and O–H groups in total. The highest BCUT2D eigenvalue weighted by Crippen LogP contribution is 2.30. The predicted molar refractivity (Wildman–Crippen MR) is 60.6 cm³/mol. The van der Waals surface area contributed by atoms with Crippen molar-refractivity contribution in [2.75, 3.05) is 13.7 Å². The average molecular weight is 213 g/mol. The van der Waals surface area contributed by atoms with Crippen LogP contribution in [0.2, 0.25) is 0 Å². The van der Waals surface area contributed by atoms with Crippen LogP contribution in [-0.2, 0) is 9.53 Å². The van der Waals surface area contributed by atoms with Crippen LogP contribution in [-0.4, -0.2) is 36.6 Å². The molecule has 1 aliphatic rings. The van der Waals surface area contributed by atoms with E-state index in [1.165, 1.54) is 0 Å². The van der Waals surface area contributed by atoms with Crippen LogP contribution in [0.5, 0.6) is 0 Å². The van der Waals surface area contributed by atoms with Gasteiger partial charge in [-0.3, -0.25) is 4.79 Å². The van der Waals surface area contributed by atoms with E-state index in [1.54, 1.807) is 7.11 Å². The monoisotopic (exact) mass is 213 g/mol. The molecule has 1 aliphatic heterocycles. The summed E-state index contributed by atoms with van der Waals surface area (Å²) < 4.78 is 5.08. The minimum absolute atomic E-state index is 0.133. The highest BCUT2D eigenvalue weighted by molar-refractivity contribution is 5.81. The zero-order valence-corrected chi connectivity index (χ0v) is 10.5. The van der Waals surface area contributed by atoms with Crippen molar-refractivity contribution >= 4 is 5.91 Å². The number of rotatable bonds is 3. The topological polar surface area (TPSA) is 29.5 Å². The molecule has 1 fully saturated rings. The molecule has 0 aliphatic carbocycles. The maximum absolute atomic E-state index is 12.0. The fraction of sp³-hybridized carbons (Fsp3) is 0.917. The summed E-state index contributed by atoms with van der Waals surface area (Å²) in [5.41, 5.74) is 0. The maximum Gasteiger partial charge on any atom is 0.251 e. The molecular weight excluding hydrogens is 190 g/mol. The molecule has 1 rings (SSSR count). The Labute approximate surface area is 92.8 Å². The summed E-state index contributed by atoms with van der Waals surface area (Å²) in [4.78, 5) is 13.9. The molecule has 3 atom stereocenters. The van der Waals surface area contributed by atoms with Gasteiger partial charge in [-0.05, 0) is 32.1 Å². The van der Waals surface area contributed by atoms with Crippen LogP contribution in [0.1, 0.15) is 34.1 Å². The van der Waals surface area contributed by atoms with Crippen molar-refractivity contribution < 1.29 is 9.53 Å². The predicted octanol–water partition coefficient (Wildman–Crippen LogP) is 1.91. The van der Waals surface area contributed by atoms with Gasteiger partial charge in [0, 0.05) is 19.7 Å². The summed E-state index contributed by atoms with van der Waals surface area (Å²) in [6, 6.07) is 0.357. The van der Waals surface area contributed by atoms with Gasteiger partial charge < -0.3 is 9.64 Å². The SMILES string of the molecule is COC(C)C(=O)N1CCC(C(C)C)C1C. The molecule has 0 aromatic rings. The van der Waals surface area contributed by atoms with Gasteiger partial charge in [0.1, 0.15) is 6.10 Å². The van der Waals surface area contributed by atoms with Gasteiger partial charge in [0.25, 0.3) is 5.91 Å². The fourth-order valence-corrected chi connectivity index (χ4v) is 2.50. The Balaban J connectivity index is 2.63. The van der Waals surface area contributed by atoms with Crippen LogP contribution in [0.25, 0.3) is 0 Å². The number of nitrogens with zero attached hydrogens (tertiary/aromatic N) is 1. The molecular formula is C12H23NO2. The molecule has 0 aromatic carbocycles. The number of carbonyl (C=O) groups is 1. The van der Waals surface area contributed by atoms with Crippen LogP contribution >= 0.6 is 0 Å². The van der Waals surface area contributed by atoms with Gasteiger partial charge in [-0.15, -0.1) is 0 Å². The highest BCUT2D eigenvalue weighted by atomic mass is 16.5. The van der Waals surface area contributed by atoms with Crippen LogP contribution < -0.4 is 0 Å². The zero-order valence-electron chi connectivity index (χ0n) is 10.5. The van der Waals surface area contributed by atoms with Crippen LogP contribution in [0.3, 0.4) is 0 Å². The van der Waals surface area contributed by atoms with E-state index in [0.717, 1.165) is 13.0 Å². The largest absolute Gasteiger partial charge is 0.372 e. The second-order valence-electron chi connectivity index (χ2n) is 4.85. The van der Waals surface area contributed by atoms with Crippen molar-refractivity contribution in [1.29, 1.82) is 0 Å². The number of methoxy groups -OCH3 is 1.